The third kappa shape index (κ3) is 1.52. The Hall–Kier alpha value is 0.0300. The predicted molar refractivity (Wildman–Crippen MR) is 37.0 cm³/mol. The van der Waals surface area contributed by atoms with Gasteiger partial charge >= 0.3 is 0 Å². The van der Waals surface area contributed by atoms with E-state index in [1.807, 2.05) is 0 Å². The van der Waals surface area contributed by atoms with E-state index in [2.05, 4.69) is 6.08 Å². The van der Waals surface area contributed by atoms with Crippen LogP contribution in [0.5, 0.6) is 0 Å². The Morgan fingerprint density at radius 2 is 1.88 bits per heavy atom. The van der Waals surface area contributed by atoms with Crippen LogP contribution in [0.2, 0.25) is 0 Å². The number of hydrogen-bond acceptors (Lipinski definition) is 0. The fraction of sp³-hybridized carbons (Fsp3) is 0.714. The van der Waals surface area contributed by atoms with E-state index in [9.17, 15) is 0 Å². The Balaban J connectivity index is 2.24. The van der Waals surface area contributed by atoms with Crippen LogP contribution in [0.3, 0.4) is 0 Å². The Bertz CT molecular complexity index is 80.4. The average Bonchev–Trinajstić information content (AvgIpc) is 2.19. The highest BCUT2D eigenvalue weighted by molar-refractivity contribution is 6.25. The molecule has 0 aliphatic heterocycles. The van der Waals surface area contributed by atoms with Crippen molar-refractivity contribution < 1.29 is 0 Å². The molecule has 1 heteroatoms. The molecule has 0 N–H and O–H groups in total. The number of rotatable bonds is 1. The van der Waals surface area contributed by atoms with Crippen molar-refractivity contribution >= 4 is 11.6 Å². The highest BCUT2D eigenvalue weighted by Crippen LogP contribution is 2.25. The molecule has 1 fully saturated rings. The average molecular weight is 131 g/mol. The molecule has 46 valence electrons. The first-order valence-corrected chi connectivity index (χ1v) is 3.64. The number of allylic oxidation sites excluding steroid dienone is 1. The van der Waals surface area contributed by atoms with E-state index in [1.165, 1.54) is 25.7 Å². The van der Waals surface area contributed by atoms with Crippen LogP contribution in [-0.2, 0) is 0 Å². The molecule has 0 saturated heterocycles. The minimum atomic E-state index is 0.799. The molecule has 0 aromatic heterocycles. The summed E-state index contributed by atoms with van der Waals surface area (Å²) in [7, 11) is 0. The molecular weight excluding hydrogens is 120 g/mol. The molecule has 1 saturated carbocycles. The molecule has 0 spiro atoms. The Morgan fingerprint density at radius 3 is 2.38 bits per heavy atom. The van der Waals surface area contributed by atoms with Crippen LogP contribution in [0.1, 0.15) is 25.7 Å². The van der Waals surface area contributed by atoms with Gasteiger partial charge in [-0.3, -0.25) is 0 Å². The van der Waals surface area contributed by atoms with Crippen LogP contribution >= 0.6 is 11.6 Å². The highest BCUT2D eigenvalue weighted by Gasteiger charge is 2.10. The SMILES string of the molecule is Cl/C=C/C1CCCC1. The minimum Gasteiger partial charge on any atom is -0.0933 e. The molecule has 8 heavy (non-hydrogen) atoms. The molecule has 0 aromatic carbocycles. The molecule has 0 nitrogen and oxygen atoms in total. The molecule has 1 rings (SSSR count). The molecule has 0 bridgehead atoms. The standard InChI is InChI=1S/C7H11Cl/c8-6-5-7-3-1-2-4-7/h5-7H,1-4H2/b6-5+. The van der Waals surface area contributed by atoms with E-state index in [-0.39, 0.29) is 0 Å². The van der Waals surface area contributed by atoms with Gasteiger partial charge in [-0.1, -0.05) is 30.5 Å². The van der Waals surface area contributed by atoms with Crippen LogP contribution in [0.15, 0.2) is 11.6 Å². The van der Waals surface area contributed by atoms with Crippen molar-refractivity contribution in [3.05, 3.63) is 11.6 Å². The molecule has 0 atom stereocenters. The lowest BCUT2D eigenvalue weighted by atomic mass is 10.1. The zero-order chi connectivity index (χ0) is 5.82. The monoisotopic (exact) mass is 130 g/mol. The summed E-state index contributed by atoms with van der Waals surface area (Å²) in [5.41, 5.74) is 1.65. The summed E-state index contributed by atoms with van der Waals surface area (Å²) in [5, 5.41) is 0. The van der Waals surface area contributed by atoms with Crippen LogP contribution in [-0.4, -0.2) is 0 Å². The normalized spacial score (nSPS) is 23.1. The van der Waals surface area contributed by atoms with Gasteiger partial charge in [-0.2, -0.15) is 0 Å². The van der Waals surface area contributed by atoms with Crippen molar-refractivity contribution in [3.63, 3.8) is 0 Å². The summed E-state index contributed by atoms with van der Waals surface area (Å²) in [6, 6.07) is 0. The minimum absolute atomic E-state index is 0.799. The summed E-state index contributed by atoms with van der Waals surface area (Å²) in [5.74, 6) is 0.799. The maximum atomic E-state index is 5.40. The van der Waals surface area contributed by atoms with Gasteiger partial charge in [0.05, 0.1) is 0 Å². The van der Waals surface area contributed by atoms with Gasteiger partial charge in [0, 0.05) is 5.54 Å². The first kappa shape index (κ1) is 6.15. The van der Waals surface area contributed by atoms with Gasteiger partial charge in [-0.15, -0.1) is 0 Å². The largest absolute Gasteiger partial charge is 0.0933 e. The van der Waals surface area contributed by atoms with E-state index in [0.29, 0.717) is 0 Å². The summed E-state index contributed by atoms with van der Waals surface area (Å²) in [6.07, 6.45) is 7.60. The zero-order valence-electron chi connectivity index (χ0n) is 4.94. The molecule has 0 radical (unpaired) electrons. The Morgan fingerprint density at radius 1 is 1.25 bits per heavy atom. The summed E-state index contributed by atoms with van der Waals surface area (Å²) in [4.78, 5) is 0. The van der Waals surface area contributed by atoms with Gasteiger partial charge in [0.1, 0.15) is 0 Å². The van der Waals surface area contributed by atoms with Gasteiger partial charge in [0.2, 0.25) is 0 Å². The van der Waals surface area contributed by atoms with Crippen molar-refractivity contribution in [3.8, 4) is 0 Å². The predicted octanol–water partition coefficient (Wildman–Crippen LogP) is 2.93. The lowest BCUT2D eigenvalue weighted by Gasteiger charge is -1.95. The third-order valence-electron chi connectivity index (χ3n) is 1.74. The zero-order valence-corrected chi connectivity index (χ0v) is 5.69. The lowest BCUT2D eigenvalue weighted by Crippen LogP contribution is -1.82. The number of halogens is 1. The second-order valence-corrected chi connectivity index (χ2v) is 2.61. The molecule has 0 unspecified atom stereocenters. The smallest absolute Gasteiger partial charge is 0.000525 e. The third-order valence-corrected chi connectivity index (χ3v) is 1.89. The first-order valence-electron chi connectivity index (χ1n) is 3.20. The molecule has 0 aromatic rings. The van der Waals surface area contributed by atoms with Crippen LogP contribution < -0.4 is 0 Å². The van der Waals surface area contributed by atoms with Gasteiger partial charge < -0.3 is 0 Å². The van der Waals surface area contributed by atoms with Crippen molar-refractivity contribution in [2.75, 3.05) is 0 Å². The fourth-order valence-electron chi connectivity index (χ4n) is 1.25. The van der Waals surface area contributed by atoms with Crippen molar-refractivity contribution in [2.24, 2.45) is 5.92 Å². The molecule has 0 heterocycles. The van der Waals surface area contributed by atoms with Crippen LogP contribution in [0.25, 0.3) is 0 Å². The van der Waals surface area contributed by atoms with Crippen LogP contribution in [0, 0.1) is 5.92 Å². The van der Waals surface area contributed by atoms with E-state index in [4.69, 9.17) is 11.6 Å². The Kier molecular flexibility index (Phi) is 2.41. The summed E-state index contributed by atoms with van der Waals surface area (Å²) < 4.78 is 0. The first-order chi connectivity index (χ1) is 3.93. The van der Waals surface area contributed by atoms with Crippen molar-refractivity contribution in [1.29, 1.82) is 0 Å². The van der Waals surface area contributed by atoms with Gasteiger partial charge in [0.25, 0.3) is 0 Å². The maximum Gasteiger partial charge on any atom is 0.000525 e. The quantitative estimate of drug-likeness (QED) is 0.512. The van der Waals surface area contributed by atoms with E-state index >= 15 is 0 Å². The molecule has 1 aliphatic rings. The van der Waals surface area contributed by atoms with Crippen LogP contribution in [0.4, 0.5) is 0 Å². The van der Waals surface area contributed by atoms with Gasteiger partial charge in [-0.05, 0) is 18.8 Å². The van der Waals surface area contributed by atoms with Gasteiger partial charge in [-0.25, -0.2) is 0 Å². The maximum absolute atomic E-state index is 5.40. The second kappa shape index (κ2) is 3.13. The number of hydrogen-bond donors (Lipinski definition) is 0. The van der Waals surface area contributed by atoms with Crippen molar-refractivity contribution in [2.45, 2.75) is 25.7 Å². The molecular formula is C7H11Cl. The Labute approximate surface area is 55.5 Å². The molecule has 0 amide bonds. The van der Waals surface area contributed by atoms with E-state index < -0.39 is 0 Å². The summed E-state index contributed by atoms with van der Waals surface area (Å²) in [6.45, 7) is 0. The molecule has 1 aliphatic carbocycles. The lowest BCUT2D eigenvalue weighted by molar-refractivity contribution is 0.687. The van der Waals surface area contributed by atoms with E-state index in [1.54, 1.807) is 5.54 Å². The highest BCUT2D eigenvalue weighted by atomic mass is 35.5. The summed E-state index contributed by atoms with van der Waals surface area (Å²) >= 11 is 5.40. The fourth-order valence-corrected chi connectivity index (χ4v) is 1.46. The second-order valence-electron chi connectivity index (χ2n) is 2.36. The van der Waals surface area contributed by atoms with Crippen molar-refractivity contribution in [1.82, 2.24) is 0 Å². The van der Waals surface area contributed by atoms with Gasteiger partial charge in [0.15, 0.2) is 0 Å². The topological polar surface area (TPSA) is 0 Å². The van der Waals surface area contributed by atoms with E-state index in [0.717, 1.165) is 5.92 Å².